The first kappa shape index (κ1) is 11.0. The molecule has 0 saturated heterocycles. The van der Waals surface area contributed by atoms with E-state index in [1.807, 2.05) is 30.3 Å². The lowest BCUT2D eigenvalue weighted by atomic mass is 10.1. The van der Waals surface area contributed by atoms with Crippen molar-refractivity contribution in [2.45, 2.75) is 0 Å². The van der Waals surface area contributed by atoms with Crippen molar-refractivity contribution in [2.24, 2.45) is 5.11 Å². The Hall–Kier alpha value is -2.45. The highest BCUT2D eigenvalue weighted by molar-refractivity contribution is 5.85. The fourth-order valence-electron chi connectivity index (χ4n) is 1.63. The molecular formula is C13H11N3O. The number of azide groups is 1. The van der Waals surface area contributed by atoms with Crippen LogP contribution in [0.25, 0.3) is 27.3 Å². The molecule has 0 saturated carbocycles. The zero-order valence-corrected chi connectivity index (χ0v) is 9.11. The maximum atomic E-state index is 9.39. The molecule has 2 aromatic rings. The first-order valence-electron chi connectivity index (χ1n) is 5.20. The van der Waals surface area contributed by atoms with Gasteiger partial charge in [0.05, 0.1) is 0 Å². The first-order chi connectivity index (χ1) is 8.29. The predicted octanol–water partition coefficient (Wildman–Crippen LogP) is 3.87. The second-order valence-electron chi connectivity index (χ2n) is 3.61. The molecule has 0 aliphatic heterocycles. The van der Waals surface area contributed by atoms with Crippen LogP contribution in [0.2, 0.25) is 0 Å². The Morgan fingerprint density at radius 2 is 2.00 bits per heavy atom. The van der Waals surface area contributed by atoms with Crippen LogP contribution >= 0.6 is 0 Å². The fraction of sp³-hybridized carbons (Fsp3) is 0.0769. The van der Waals surface area contributed by atoms with E-state index in [1.165, 1.54) is 0 Å². The van der Waals surface area contributed by atoms with Crippen LogP contribution < -0.4 is 0 Å². The van der Waals surface area contributed by atoms with E-state index in [1.54, 1.807) is 18.2 Å². The topological polar surface area (TPSA) is 69.0 Å². The Labute approximate surface area is 98.4 Å². The average Bonchev–Trinajstić information content (AvgIpc) is 2.34. The molecule has 0 aromatic heterocycles. The number of hydrogen-bond acceptors (Lipinski definition) is 2. The standard InChI is InChI=1S/C13H11N3O/c14-16-15-7-1-2-10-3-4-11-5-6-13(17)9-12(11)8-10/h1-6,8-9,17H,7H2. The number of phenolic OH excluding ortho intramolecular Hbond substituents is 1. The number of benzene rings is 2. The van der Waals surface area contributed by atoms with E-state index in [4.69, 9.17) is 5.53 Å². The lowest BCUT2D eigenvalue weighted by Gasteiger charge is -2.00. The van der Waals surface area contributed by atoms with Gasteiger partial charge in [-0.15, -0.1) is 0 Å². The molecule has 4 nitrogen and oxygen atoms in total. The largest absolute Gasteiger partial charge is 0.508 e. The molecular weight excluding hydrogens is 214 g/mol. The van der Waals surface area contributed by atoms with Crippen LogP contribution in [0, 0.1) is 0 Å². The molecule has 1 N–H and O–H groups in total. The van der Waals surface area contributed by atoms with Crippen molar-refractivity contribution in [3.63, 3.8) is 0 Å². The molecule has 2 aromatic carbocycles. The minimum atomic E-state index is 0.257. The molecule has 0 spiro atoms. The summed E-state index contributed by atoms with van der Waals surface area (Å²) in [7, 11) is 0. The molecule has 0 aliphatic rings. The Bertz CT molecular complexity index is 613. The molecule has 2 rings (SSSR count). The maximum Gasteiger partial charge on any atom is 0.116 e. The van der Waals surface area contributed by atoms with Crippen LogP contribution in [0.1, 0.15) is 5.56 Å². The fourth-order valence-corrected chi connectivity index (χ4v) is 1.63. The summed E-state index contributed by atoms with van der Waals surface area (Å²) in [4.78, 5) is 2.67. The zero-order valence-electron chi connectivity index (χ0n) is 9.11. The van der Waals surface area contributed by atoms with E-state index in [0.29, 0.717) is 6.54 Å². The second-order valence-corrected chi connectivity index (χ2v) is 3.61. The van der Waals surface area contributed by atoms with Crippen LogP contribution in [0.4, 0.5) is 0 Å². The molecule has 84 valence electrons. The Morgan fingerprint density at radius 3 is 2.82 bits per heavy atom. The number of rotatable bonds is 3. The molecule has 0 unspecified atom stereocenters. The number of phenols is 1. The summed E-state index contributed by atoms with van der Waals surface area (Å²) in [6.45, 7) is 0.342. The van der Waals surface area contributed by atoms with Gasteiger partial charge in [-0.3, -0.25) is 0 Å². The average molecular weight is 225 g/mol. The van der Waals surface area contributed by atoms with Gasteiger partial charge in [-0.25, -0.2) is 0 Å². The van der Waals surface area contributed by atoms with E-state index in [-0.39, 0.29) is 5.75 Å². The Kier molecular flexibility index (Phi) is 3.28. The zero-order chi connectivity index (χ0) is 12.1. The third-order valence-corrected chi connectivity index (χ3v) is 2.41. The molecule has 0 radical (unpaired) electrons. The van der Waals surface area contributed by atoms with Gasteiger partial charge in [0.1, 0.15) is 5.75 Å². The van der Waals surface area contributed by atoms with Gasteiger partial charge in [0.25, 0.3) is 0 Å². The highest BCUT2D eigenvalue weighted by Gasteiger charge is 1.95. The number of nitrogens with zero attached hydrogens (tertiary/aromatic N) is 3. The van der Waals surface area contributed by atoms with Crippen LogP contribution in [0.3, 0.4) is 0 Å². The van der Waals surface area contributed by atoms with E-state index >= 15 is 0 Å². The first-order valence-corrected chi connectivity index (χ1v) is 5.20. The third-order valence-electron chi connectivity index (χ3n) is 2.41. The van der Waals surface area contributed by atoms with Crippen molar-refractivity contribution < 1.29 is 5.11 Å². The maximum absolute atomic E-state index is 9.39. The molecule has 0 atom stereocenters. The van der Waals surface area contributed by atoms with E-state index in [0.717, 1.165) is 16.3 Å². The van der Waals surface area contributed by atoms with Crippen molar-refractivity contribution in [1.29, 1.82) is 0 Å². The monoisotopic (exact) mass is 225 g/mol. The Morgan fingerprint density at radius 1 is 1.18 bits per heavy atom. The minimum Gasteiger partial charge on any atom is -0.508 e. The highest BCUT2D eigenvalue weighted by Crippen LogP contribution is 2.21. The summed E-state index contributed by atoms with van der Waals surface area (Å²) in [6.07, 6.45) is 3.68. The van der Waals surface area contributed by atoms with Crippen molar-refractivity contribution in [2.75, 3.05) is 6.54 Å². The quantitative estimate of drug-likeness (QED) is 0.480. The van der Waals surface area contributed by atoms with Gasteiger partial charge >= 0.3 is 0 Å². The molecule has 17 heavy (non-hydrogen) atoms. The van der Waals surface area contributed by atoms with E-state index < -0.39 is 0 Å². The smallest absolute Gasteiger partial charge is 0.116 e. The van der Waals surface area contributed by atoms with Gasteiger partial charge in [-0.05, 0) is 40.1 Å². The van der Waals surface area contributed by atoms with Crippen LogP contribution in [-0.4, -0.2) is 11.7 Å². The number of fused-ring (bicyclic) bond motifs is 1. The molecule has 0 amide bonds. The summed E-state index contributed by atoms with van der Waals surface area (Å²) in [6, 6.07) is 11.2. The summed E-state index contributed by atoms with van der Waals surface area (Å²) < 4.78 is 0. The van der Waals surface area contributed by atoms with Gasteiger partial charge in [0.15, 0.2) is 0 Å². The van der Waals surface area contributed by atoms with E-state index in [9.17, 15) is 5.11 Å². The minimum absolute atomic E-state index is 0.257. The number of hydrogen-bond donors (Lipinski definition) is 1. The van der Waals surface area contributed by atoms with Crippen molar-refractivity contribution >= 4 is 16.8 Å². The molecule has 0 aliphatic carbocycles. The predicted molar refractivity (Wildman–Crippen MR) is 68.7 cm³/mol. The normalized spacial score (nSPS) is 10.6. The van der Waals surface area contributed by atoms with Crippen LogP contribution in [-0.2, 0) is 0 Å². The lowest BCUT2D eigenvalue weighted by molar-refractivity contribution is 0.476. The van der Waals surface area contributed by atoms with Crippen molar-refractivity contribution in [1.82, 2.24) is 0 Å². The summed E-state index contributed by atoms with van der Waals surface area (Å²) in [5, 5.41) is 14.9. The van der Waals surface area contributed by atoms with Gasteiger partial charge < -0.3 is 5.11 Å². The molecule has 0 fully saturated rings. The molecule has 4 heteroatoms. The highest BCUT2D eigenvalue weighted by atomic mass is 16.3. The van der Waals surface area contributed by atoms with Gasteiger partial charge in [0.2, 0.25) is 0 Å². The molecule has 0 bridgehead atoms. The molecule has 0 heterocycles. The van der Waals surface area contributed by atoms with E-state index in [2.05, 4.69) is 10.0 Å². The van der Waals surface area contributed by atoms with Crippen LogP contribution in [0.5, 0.6) is 5.75 Å². The van der Waals surface area contributed by atoms with Gasteiger partial charge in [-0.2, -0.15) is 0 Å². The second kappa shape index (κ2) is 5.05. The summed E-state index contributed by atoms with van der Waals surface area (Å²) in [5.41, 5.74) is 9.14. The van der Waals surface area contributed by atoms with Crippen LogP contribution in [0.15, 0.2) is 47.6 Å². The van der Waals surface area contributed by atoms with Crippen molar-refractivity contribution in [3.8, 4) is 5.75 Å². The Balaban J connectivity index is 2.30. The van der Waals surface area contributed by atoms with Gasteiger partial charge in [-0.1, -0.05) is 35.5 Å². The lowest BCUT2D eigenvalue weighted by Crippen LogP contribution is -1.76. The third kappa shape index (κ3) is 2.77. The number of aromatic hydroxyl groups is 1. The summed E-state index contributed by atoms with van der Waals surface area (Å²) in [5.74, 6) is 0.257. The SMILES string of the molecule is [N-]=[N+]=NCC=Cc1ccc2ccc(O)cc2c1. The van der Waals surface area contributed by atoms with Crippen molar-refractivity contribution in [3.05, 3.63) is 58.5 Å². The van der Waals surface area contributed by atoms with Gasteiger partial charge in [0, 0.05) is 11.5 Å². The summed E-state index contributed by atoms with van der Waals surface area (Å²) >= 11 is 0.